The predicted molar refractivity (Wildman–Crippen MR) is 67.5 cm³/mol. The van der Waals surface area contributed by atoms with E-state index in [9.17, 15) is 0 Å². The first-order valence-electron chi connectivity index (χ1n) is 5.76. The van der Waals surface area contributed by atoms with Crippen LogP contribution in [0.25, 0.3) is 0 Å². The van der Waals surface area contributed by atoms with E-state index in [0.29, 0.717) is 0 Å². The summed E-state index contributed by atoms with van der Waals surface area (Å²) in [7, 11) is 0. The molecule has 84 valence electrons. The molecule has 0 aromatic rings. The molecule has 1 aliphatic rings. The molecule has 1 fully saturated rings. The van der Waals surface area contributed by atoms with E-state index in [4.69, 9.17) is 11.6 Å². The third kappa shape index (κ3) is 4.41. The van der Waals surface area contributed by atoms with Crippen LogP contribution in [0.4, 0.5) is 0 Å². The Hall–Kier alpha value is 0.600. The Labute approximate surface area is 97.6 Å². The van der Waals surface area contributed by atoms with Crippen molar-refractivity contribution in [1.82, 2.24) is 4.90 Å². The highest BCUT2D eigenvalue weighted by Crippen LogP contribution is 2.24. The van der Waals surface area contributed by atoms with E-state index in [2.05, 4.69) is 11.8 Å². The van der Waals surface area contributed by atoms with Crippen molar-refractivity contribution in [2.45, 2.75) is 38.6 Å². The number of rotatable bonds is 8. The Morgan fingerprint density at radius 3 is 2.64 bits per heavy atom. The number of hydrogen-bond acceptors (Lipinski definition) is 2. The fourth-order valence-corrected chi connectivity index (χ4v) is 2.69. The maximum atomic E-state index is 5.81. The Kier molecular flexibility index (Phi) is 7.09. The van der Waals surface area contributed by atoms with Crippen LogP contribution in [0.5, 0.6) is 0 Å². The molecule has 0 unspecified atom stereocenters. The van der Waals surface area contributed by atoms with Crippen LogP contribution in [0.1, 0.15) is 32.6 Å². The second-order valence-electron chi connectivity index (χ2n) is 3.86. The lowest BCUT2D eigenvalue weighted by Gasteiger charge is -2.37. The van der Waals surface area contributed by atoms with Crippen molar-refractivity contribution in [1.29, 1.82) is 0 Å². The fraction of sp³-hybridized carbons (Fsp3) is 1.00. The summed E-state index contributed by atoms with van der Waals surface area (Å²) in [6, 6.07) is 0.861. The van der Waals surface area contributed by atoms with Gasteiger partial charge in [-0.05, 0) is 37.3 Å². The third-order valence-corrected chi connectivity index (χ3v) is 4.06. The zero-order chi connectivity index (χ0) is 10.2. The summed E-state index contributed by atoms with van der Waals surface area (Å²) in [6.45, 7) is 4.57. The van der Waals surface area contributed by atoms with E-state index < -0.39 is 0 Å². The quantitative estimate of drug-likeness (QED) is 0.470. The van der Waals surface area contributed by atoms with Gasteiger partial charge in [-0.2, -0.15) is 11.8 Å². The molecule has 0 radical (unpaired) electrons. The van der Waals surface area contributed by atoms with Gasteiger partial charge in [0.25, 0.3) is 0 Å². The molecule has 0 heterocycles. The molecule has 0 saturated heterocycles. The van der Waals surface area contributed by atoms with Gasteiger partial charge >= 0.3 is 0 Å². The molecule has 0 aliphatic heterocycles. The van der Waals surface area contributed by atoms with E-state index in [-0.39, 0.29) is 0 Å². The van der Waals surface area contributed by atoms with Gasteiger partial charge in [-0.1, -0.05) is 13.3 Å². The molecule has 0 aromatic heterocycles. The van der Waals surface area contributed by atoms with Gasteiger partial charge in [-0.15, -0.1) is 11.6 Å². The summed E-state index contributed by atoms with van der Waals surface area (Å²) in [5.74, 6) is 3.35. The first kappa shape index (κ1) is 12.7. The molecule has 0 aromatic carbocycles. The number of halogens is 1. The van der Waals surface area contributed by atoms with Crippen LogP contribution in [-0.4, -0.2) is 41.4 Å². The predicted octanol–water partition coefficient (Wildman–Crippen LogP) is 3.22. The molecule has 0 spiro atoms. The molecular formula is C11H22ClNS. The summed E-state index contributed by atoms with van der Waals surface area (Å²) in [4.78, 5) is 2.59. The van der Waals surface area contributed by atoms with Gasteiger partial charge in [0.15, 0.2) is 0 Å². The summed E-state index contributed by atoms with van der Waals surface area (Å²) in [5, 5.41) is 0. The standard InChI is InChI=1S/C11H22ClNS/c1-2-14-10-4-8-13(9-7-12)11-5-3-6-11/h11H,2-10H2,1H3. The minimum atomic E-state index is 0.789. The van der Waals surface area contributed by atoms with Gasteiger partial charge in [-0.3, -0.25) is 4.90 Å². The minimum absolute atomic E-state index is 0.789. The van der Waals surface area contributed by atoms with E-state index in [1.165, 1.54) is 43.7 Å². The molecule has 0 atom stereocenters. The SMILES string of the molecule is CCSCCCN(CCCl)C1CCC1. The van der Waals surface area contributed by atoms with Crippen molar-refractivity contribution in [3.8, 4) is 0 Å². The monoisotopic (exact) mass is 235 g/mol. The van der Waals surface area contributed by atoms with Crippen molar-refractivity contribution in [3.05, 3.63) is 0 Å². The zero-order valence-electron chi connectivity index (χ0n) is 9.17. The highest BCUT2D eigenvalue weighted by molar-refractivity contribution is 7.99. The maximum Gasteiger partial charge on any atom is 0.0351 e. The largest absolute Gasteiger partial charge is 0.299 e. The fourth-order valence-electron chi connectivity index (χ4n) is 1.85. The number of thioether (sulfide) groups is 1. The Morgan fingerprint density at radius 1 is 1.36 bits per heavy atom. The van der Waals surface area contributed by atoms with E-state index in [1.807, 2.05) is 11.8 Å². The van der Waals surface area contributed by atoms with Gasteiger partial charge < -0.3 is 0 Å². The minimum Gasteiger partial charge on any atom is -0.299 e. The smallest absolute Gasteiger partial charge is 0.0351 e. The van der Waals surface area contributed by atoms with Crippen LogP contribution in [0, 0.1) is 0 Å². The average Bonchev–Trinajstić information content (AvgIpc) is 2.10. The molecule has 3 heteroatoms. The Morgan fingerprint density at radius 2 is 2.14 bits per heavy atom. The molecule has 1 nitrogen and oxygen atoms in total. The van der Waals surface area contributed by atoms with Crippen LogP contribution < -0.4 is 0 Å². The van der Waals surface area contributed by atoms with Crippen LogP contribution in [0.15, 0.2) is 0 Å². The van der Waals surface area contributed by atoms with Crippen molar-refractivity contribution >= 4 is 23.4 Å². The van der Waals surface area contributed by atoms with Gasteiger partial charge in [-0.25, -0.2) is 0 Å². The third-order valence-electron chi connectivity index (χ3n) is 2.90. The van der Waals surface area contributed by atoms with Crippen LogP contribution in [0.2, 0.25) is 0 Å². The van der Waals surface area contributed by atoms with Gasteiger partial charge in [0.2, 0.25) is 0 Å². The molecule has 0 bridgehead atoms. The number of nitrogens with zero attached hydrogens (tertiary/aromatic N) is 1. The van der Waals surface area contributed by atoms with Crippen LogP contribution in [0.3, 0.4) is 0 Å². The average molecular weight is 236 g/mol. The Bertz CT molecular complexity index is 139. The second kappa shape index (κ2) is 7.84. The summed E-state index contributed by atoms with van der Waals surface area (Å²) in [6.07, 6.45) is 5.55. The Balaban J connectivity index is 2.08. The van der Waals surface area contributed by atoms with Crippen molar-refractivity contribution in [2.75, 3.05) is 30.5 Å². The summed E-state index contributed by atoms with van der Waals surface area (Å²) in [5.41, 5.74) is 0. The second-order valence-corrected chi connectivity index (χ2v) is 5.63. The van der Waals surface area contributed by atoms with Gasteiger partial charge in [0.05, 0.1) is 0 Å². The van der Waals surface area contributed by atoms with Crippen molar-refractivity contribution in [2.24, 2.45) is 0 Å². The maximum absolute atomic E-state index is 5.81. The summed E-state index contributed by atoms with van der Waals surface area (Å²) >= 11 is 7.86. The van der Waals surface area contributed by atoms with E-state index in [1.54, 1.807) is 0 Å². The first-order chi connectivity index (χ1) is 6.88. The molecule has 0 amide bonds. The molecule has 1 rings (SSSR count). The highest BCUT2D eigenvalue weighted by Gasteiger charge is 2.23. The molecule has 0 N–H and O–H groups in total. The van der Waals surface area contributed by atoms with E-state index in [0.717, 1.165) is 18.5 Å². The van der Waals surface area contributed by atoms with Gasteiger partial charge in [0.1, 0.15) is 0 Å². The topological polar surface area (TPSA) is 3.24 Å². The zero-order valence-corrected chi connectivity index (χ0v) is 10.7. The molecular weight excluding hydrogens is 214 g/mol. The normalized spacial score (nSPS) is 17.4. The van der Waals surface area contributed by atoms with Gasteiger partial charge in [0, 0.05) is 18.5 Å². The lowest BCUT2D eigenvalue weighted by Crippen LogP contribution is -2.41. The lowest BCUT2D eigenvalue weighted by molar-refractivity contribution is 0.135. The van der Waals surface area contributed by atoms with Crippen molar-refractivity contribution < 1.29 is 0 Å². The molecule has 1 saturated carbocycles. The first-order valence-corrected chi connectivity index (χ1v) is 7.45. The van der Waals surface area contributed by atoms with Crippen LogP contribution >= 0.6 is 23.4 Å². The van der Waals surface area contributed by atoms with Crippen LogP contribution in [-0.2, 0) is 0 Å². The highest BCUT2D eigenvalue weighted by atomic mass is 35.5. The summed E-state index contributed by atoms with van der Waals surface area (Å²) < 4.78 is 0. The number of alkyl halides is 1. The molecule has 1 aliphatic carbocycles. The lowest BCUT2D eigenvalue weighted by atomic mass is 9.91. The molecule has 14 heavy (non-hydrogen) atoms. The van der Waals surface area contributed by atoms with Crippen molar-refractivity contribution in [3.63, 3.8) is 0 Å². The van der Waals surface area contributed by atoms with E-state index >= 15 is 0 Å². The number of hydrogen-bond donors (Lipinski definition) is 0.